The monoisotopic (exact) mass is 333 g/mol. The third-order valence-corrected chi connectivity index (χ3v) is 4.77. The molecule has 2 rings (SSSR count). The summed E-state index contributed by atoms with van der Waals surface area (Å²) >= 11 is 0. The van der Waals surface area contributed by atoms with Gasteiger partial charge in [-0.05, 0) is 43.4 Å². The zero-order valence-electron chi connectivity index (χ0n) is 14.3. The van der Waals surface area contributed by atoms with Gasteiger partial charge in [0.1, 0.15) is 11.3 Å². The second-order valence-corrected chi connectivity index (χ2v) is 6.55. The average Bonchev–Trinajstić information content (AvgIpc) is 2.82. The van der Waals surface area contributed by atoms with E-state index in [9.17, 15) is 14.7 Å². The molecule has 5 nitrogen and oxygen atoms in total. The van der Waals surface area contributed by atoms with Crippen LogP contribution in [0.1, 0.15) is 56.9 Å². The summed E-state index contributed by atoms with van der Waals surface area (Å²) in [4.78, 5) is 23.9. The van der Waals surface area contributed by atoms with E-state index in [0.29, 0.717) is 25.7 Å². The molecule has 1 aliphatic rings. The Kier molecular flexibility index (Phi) is 6.64. The largest absolute Gasteiger partial charge is 0.497 e. The molecule has 5 heteroatoms. The highest BCUT2D eigenvalue weighted by Gasteiger charge is 2.39. The highest BCUT2D eigenvalue weighted by molar-refractivity contribution is 5.87. The quantitative estimate of drug-likeness (QED) is 0.751. The van der Waals surface area contributed by atoms with E-state index in [4.69, 9.17) is 4.74 Å². The number of nitrogens with one attached hydrogen (secondary N) is 1. The number of carbonyl (C=O) groups excluding carboxylic acids is 1. The van der Waals surface area contributed by atoms with Gasteiger partial charge in [-0.15, -0.1) is 0 Å². The van der Waals surface area contributed by atoms with Gasteiger partial charge in [-0.1, -0.05) is 37.8 Å². The van der Waals surface area contributed by atoms with Crippen molar-refractivity contribution in [2.45, 2.75) is 63.3 Å². The molecule has 0 aromatic heterocycles. The fourth-order valence-electron chi connectivity index (χ4n) is 3.30. The molecule has 0 saturated heterocycles. The summed E-state index contributed by atoms with van der Waals surface area (Å²) in [6.45, 7) is 0. The highest BCUT2D eigenvalue weighted by Crippen LogP contribution is 2.27. The molecule has 2 N–H and O–H groups in total. The van der Waals surface area contributed by atoms with Crippen LogP contribution < -0.4 is 10.1 Å². The van der Waals surface area contributed by atoms with Gasteiger partial charge in [0.05, 0.1) is 7.11 Å². The number of hydrogen-bond acceptors (Lipinski definition) is 3. The number of aliphatic carboxylic acids is 1. The van der Waals surface area contributed by atoms with Gasteiger partial charge >= 0.3 is 5.97 Å². The summed E-state index contributed by atoms with van der Waals surface area (Å²) < 4.78 is 5.12. The van der Waals surface area contributed by atoms with Crippen LogP contribution in [0.25, 0.3) is 0 Å². The molecule has 1 amide bonds. The Morgan fingerprint density at radius 3 is 2.29 bits per heavy atom. The number of aryl methyl sites for hydroxylation is 1. The number of carboxylic acids is 1. The highest BCUT2D eigenvalue weighted by atomic mass is 16.5. The molecule has 1 aliphatic carbocycles. The molecule has 0 bridgehead atoms. The molecule has 0 spiro atoms. The molecule has 0 atom stereocenters. The van der Waals surface area contributed by atoms with Crippen LogP contribution in [0.4, 0.5) is 0 Å². The van der Waals surface area contributed by atoms with Gasteiger partial charge < -0.3 is 15.2 Å². The molecule has 0 radical (unpaired) electrons. The van der Waals surface area contributed by atoms with Crippen LogP contribution in [0.2, 0.25) is 0 Å². The van der Waals surface area contributed by atoms with Crippen molar-refractivity contribution in [1.82, 2.24) is 5.32 Å². The lowest BCUT2D eigenvalue weighted by atomic mass is 9.90. The lowest BCUT2D eigenvalue weighted by Gasteiger charge is -2.29. The van der Waals surface area contributed by atoms with Crippen molar-refractivity contribution >= 4 is 11.9 Å². The van der Waals surface area contributed by atoms with E-state index in [-0.39, 0.29) is 5.91 Å². The smallest absolute Gasteiger partial charge is 0.329 e. The van der Waals surface area contributed by atoms with E-state index >= 15 is 0 Å². The van der Waals surface area contributed by atoms with Crippen LogP contribution in [-0.2, 0) is 16.0 Å². The SMILES string of the molecule is COc1ccc(CCCC(=O)NC2(C(=O)O)CCCCCC2)cc1. The molecular weight excluding hydrogens is 306 g/mol. The summed E-state index contributed by atoms with van der Waals surface area (Å²) in [6.07, 6.45) is 6.72. The van der Waals surface area contributed by atoms with Gasteiger partial charge in [-0.25, -0.2) is 4.79 Å². The minimum absolute atomic E-state index is 0.159. The van der Waals surface area contributed by atoms with Crippen LogP contribution in [0, 0.1) is 0 Å². The maximum atomic E-state index is 12.2. The Bertz CT molecular complexity index is 545. The van der Waals surface area contributed by atoms with Gasteiger partial charge in [0.15, 0.2) is 0 Å². The molecule has 1 aromatic rings. The van der Waals surface area contributed by atoms with E-state index in [2.05, 4.69) is 5.32 Å². The molecule has 1 fully saturated rings. The maximum absolute atomic E-state index is 12.2. The van der Waals surface area contributed by atoms with E-state index in [1.54, 1.807) is 7.11 Å². The van der Waals surface area contributed by atoms with Gasteiger partial charge in [-0.3, -0.25) is 4.79 Å². The summed E-state index contributed by atoms with van der Waals surface area (Å²) in [5.74, 6) is -0.242. The average molecular weight is 333 g/mol. The van der Waals surface area contributed by atoms with Crippen molar-refractivity contribution in [2.75, 3.05) is 7.11 Å². The predicted octanol–water partition coefficient (Wildman–Crippen LogP) is 3.31. The number of benzene rings is 1. The number of carbonyl (C=O) groups is 2. The fraction of sp³-hybridized carbons (Fsp3) is 0.579. The Morgan fingerprint density at radius 1 is 1.12 bits per heavy atom. The van der Waals surface area contributed by atoms with E-state index in [0.717, 1.165) is 43.4 Å². The number of methoxy groups -OCH3 is 1. The topological polar surface area (TPSA) is 75.6 Å². The summed E-state index contributed by atoms with van der Waals surface area (Å²) in [7, 11) is 1.63. The van der Waals surface area contributed by atoms with Crippen molar-refractivity contribution in [1.29, 1.82) is 0 Å². The van der Waals surface area contributed by atoms with E-state index < -0.39 is 11.5 Å². The Morgan fingerprint density at radius 2 is 1.75 bits per heavy atom. The van der Waals surface area contributed by atoms with Gasteiger partial charge in [-0.2, -0.15) is 0 Å². The standard InChI is InChI=1S/C19H27NO4/c1-24-16-11-9-15(10-12-16)7-6-8-17(21)20-19(18(22)23)13-4-2-3-5-14-19/h9-12H,2-8,13-14H2,1H3,(H,20,21)(H,22,23). The number of ether oxygens (including phenoxy) is 1. The van der Waals surface area contributed by atoms with Crippen molar-refractivity contribution in [3.8, 4) is 5.75 Å². The first-order valence-electron chi connectivity index (χ1n) is 8.73. The summed E-state index contributed by atoms with van der Waals surface area (Å²) in [6, 6.07) is 7.78. The van der Waals surface area contributed by atoms with Crippen LogP contribution in [0.5, 0.6) is 5.75 Å². The minimum Gasteiger partial charge on any atom is -0.497 e. The van der Waals surface area contributed by atoms with Crippen LogP contribution >= 0.6 is 0 Å². The molecule has 1 saturated carbocycles. The number of carboxylic acid groups (broad SMARTS) is 1. The molecule has 132 valence electrons. The molecule has 24 heavy (non-hydrogen) atoms. The normalized spacial score (nSPS) is 16.9. The van der Waals surface area contributed by atoms with Crippen molar-refractivity contribution < 1.29 is 19.4 Å². The van der Waals surface area contributed by atoms with Crippen LogP contribution in [-0.4, -0.2) is 29.6 Å². The van der Waals surface area contributed by atoms with Gasteiger partial charge in [0.25, 0.3) is 0 Å². The summed E-state index contributed by atoms with van der Waals surface area (Å²) in [5.41, 5.74) is 0.0826. The lowest BCUT2D eigenvalue weighted by Crippen LogP contribution is -2.54. The lowest BCUT2D eigenvalue weighted by molar-refractivity contribution is -0.148. The zero-order chi connectivity index (χ0) is 17.4. The van der Waals surface area contributed by atoms with Crippen LogP contribution in [0.3, 0.4) is 0 Å². The summed E-state index contributed by atoms with van der Waals surface area (Å²) in [5, 5.41) is 12.4. The first-order chi connectivity index (χ1) is 11.6. The third-order valence-electron chi connectivity index (χ3n) is 4.77. The zero-order valence-corrected chi connectivity index (χ0v) is 14.3. The molecule has 1 aromatic carbocycles. The van der Waals surface area contributed by atoms with Gasteiger partial charge in [0, 0.05) is 6.42 Å². The molecular formula is C19H27NO4. The Balaban J connectivity index is 1.83. The predicted molar refractivity (Wildman–Crippen MR) is 92.1 cm³/mol. The Hall–Kier alpha value is -2.04. The number of amides is 1. The second-order valence-electron chi connectivity index (χ2n) is 6.55. The minimum atomic E-state index is -1.06. The third kappa shape index (κ3) is 4.98. The van der Waals surface area contributed by atoms with Crippen molar-refractivity contribution in [3.63, 3.8) is 0 Å². The maximum Gasteiger partial charge on any atom is 0.329 e. The van der Waals surface area contributed by atoms with Crippen LogP contribution in [0.15, 0.2) is 24.3 Å². The van der Waals surface area contributed by atoms with Crippen molar-refractivity contribution in [3.05, 3.63) is 29.8 Å². The molecule has 0 heterocycles. The number of rotatable bonds is 7. The first-order valence-corrected chi connectivity index (χ1v) is 8.73. The van der Waals surface area contributed by atoms with E-state index in [1.165, 1.54) is 0 Å². The fourth-order valence-corrected chi connectivity index (χ4v) is 3.30. The Labute approximate surface area is 143 Å². The molecule has 0 aliphatic heterocycles. The first kappa shape index (κ1) is 18.3. The van der Waals surface area contributed by atoms with E-state index in [1.807, 2.05) is 24.3 Å². The van der Waals surface area contributed by atoms with Crippen molar-refractivity contribution in [2.24, 2.45) is 0 Å². The molecule has 0 unspecified atom stereocenters. The second kappa shape index (κ2) is 8.71. The number of hydrogen-bond donors (Lipinski definition) is 2. The van der Waals surface area contributed by atoms with Gasteiger partial charge in [0.2, 0.25) is 5.91 Å².